The first kappa shape index (κ1) is 14.4. The lowest BCUT2D eigenvalue weighted by atomic mass is 10.2. The van der Waals surface area contributed by atoms with Crippen LogP contribution in [0.1, 0.15) is 5.56 Å². The molecule has 0 fully saturated rings. The summed E-state index contributed by atoms with van der Waals surface area (Å²) < 4.78 is 11.1. The van der Waals surface area contributed by atoms with Crippen LogP contribution in [0, 0.1) is 0 Å². The van der Waals surface area contributed by atoms with Gasteiger partial charge in [-0.25, -0.2) is 4.98 Å². The summed E-state index contributed by atoms with van der Waals surface area (Å²) in [7, 11) is 3.17. The van der Waals surface area contributed by atoms with E-state index in [0.29, 0.717) is 28.5 Å². The van der Waals surface area contributed by atoms with E-state index in [1.807, 2.05) is 12.1 Å². The molecule has 6 nitrogen and oxygen atoms in total. The minimum atomic E-state index is 0.467. The monoisotopic (exact) mass is 338 g/mol. The minimum Gasteiger partial charge on any atom is -0.496 e. The molecule has 1 aromatic heterocycles. The number of aromatic nitrogens is 2. The van der Waals surface area contributed by atoms with Gasteiger partial charge in [-0.1, -0.05) is 0 Å². The maximum Gasteiger partial charge on any atom is 0.232 e. The van der Waals surface area contributed by atoms with E-state index >= 15 is 0 Å². The molecule has 0 radical (unpaired) electrons. The van der Waals surface area contributed by atoms with Gasteiger partial charge in [-0.15, -0.1) is 0 Å². The fraction of sp³-hybridized carbons (Fsp3) is 0.231. The predicted molar refractivity (Wildman–Crippen MR) is 81.0 cm³/mol. The van der Waals surface area contributed by atoms with Crippen molar-refractivity contribution in [2.24, 2.45) is 0 Å². The predicted octanol–water partition coefficient (Wildman–Crippen LogP) is 2.45. The van der Waals surface area contributed by atoms with Crippen molar-refractivity contribution in [2.45, 2.75) is 6.54 Å². The van der Waals surface area contributed by atoms with E-state index in [1.165, 1.54) is 0 Å². The average molecular weight is 339 g/mol. The number of anilines is 2. The second-order valence-electron chi connectivity index (χ2n) is 3.98. The molecular weight excluding hydrogens is 324 g/mol. The Morgan fingerprint density at radius 1 is 1.30 bits per heavy atom. The van der Waals surface area contributed by atoms with E-state index in [-0.39, 0.29) is 0 Å². The highest BCUT2D eigenvalue weighted by Crippen LogP contribution is 2.24. The largest absolute Gasteiger partial charge is 0.496 e. The van der Waals surface area contributed by atoms with Gasteiger partial charge in [0.05, 0.1) is 24.9 Å². The Hall–Kier alpha value is -2.02. The number of nitrogens with two attached hydrogens (primary N) is 1. The summed E-state index contributed by atoms with van der Waals surface area (Å²) in [6.07, 6.45) is 1.63. The highest BCUT2D eigenvalue weighted by molar-refractivity contribution is 9.10. The van der Waals surface area contributed by atoms with Crippen molar-refractivity contribution in [1.82, 2.24) is 9.97 Å². The zero-order chi connectivity index (χ0) is 14.5. The number of ether oxygens (including phenoxy) is 2. The van der Waals surface area contributed by atoms with Crippen LogP contribution in [0.4, 0.5) is 11.6 Å². The Morgan fingerprint density at radius 3 is 2.80 bits per heavy atom. The van der Waals surface area contributed by atoms with E-state index in [4.69, 9.17) is 15.2 Å². The Labute approximate surface area is 125 Å². The zero-order valence-electron chi connectivity index (χ0n) is 11.2. The first-order valence-corrected chi connectivity index (χ1v) is 6.66. The van der Waals surface area contributed by atoms with Crippen molar-refractivity contribution < 1.29 is 9.47 Å². The second-order valence-corrected chi connectivity index (χ2v) is 4.83. The van der Waals surface area contributed by atoms with E-state index in [0.717, 1.165) is 11.3 Å². The van der Waals surface area contributed by atoms with Crippen LogP contribution in [-0.4, -0.2) is 24.2 Å². The van der Waals surface area contributed by atoms with Gasteiger partial charge >= 0.3 is 0 Å². The molecule has 0 bridgehead atoms. The Morgan fingerprint density at radius 2 is 2.10 bits per heavy atom. The SMILES string of the molecule is COc1ccc(N)cc1CNc1ncc(Br)c(OC)n1. The van der Waals surface area contributed by atoms with E-state index in [1.54, 1.807) is 26.5 Å². The number of hydrogen-bond donors (Lipinski definition) is 2. The molecule has 3 N–H and O–H groups in total. The Balaban J connectivity index is 2.14. The van der Waals surface area contributed by atoms with Crippen molar-refractivity contribution in [2.75, 3.05) is 25.3 Å². The number of nitrogens with zero attached hydrogens (tertiary/aromatic N) is 2. The van der Waals surface area contributed by atoms with E-state index in [2.05, 4.69) is 31.2 Å². The first-order chi connectivity index (χ1) is 9.63. The molecule has 0 saturated heterocycles. The van der Waals surface area contributed by atoms with Gasteiger partial charge < -0.3 is 20.5 Å². The van der Waals surface area contributed by atoms with Gasteiger partial charge in [0.25, 0.3) is 0 Å². The van der Waals surface area contributed by atoms with Gasteiger partial charge in [-0.05, 0) is 34.1 Å². The van der Waals surface area contributed by atoms with Crippen LogP contribution >= 0.6 is 15.9 Å². The molecule has 1 aromatic carbocycles. The molecule has 0 spiro atoms. The van der Waals surface area contributed by atoms with Crippen LogP contribution in [0.3, 0.4) is 0 Å². The molecule has 0 aliphatic rings. The lowest BCUT2D eigenvalue weighted by molar-refractivity contribution is 0.394. The van der Waals surface area contributed by atoms with Gasteiger partial charge in [-0.3, -0.25) is 0 Å². The number of nitrogen functional groups attached to an aromatic ring is 1. The van der Waals surface area contributed by atoms with Crippen molar-refractivity contribution in [3.8, 4) is 11.6 Å². The number of methoxy groups -OCH3 is 2. The summed E-state index contributed by atoms with van der Waals surface area (Å²) >= 11 is 3.30. The van der Waals surface area contributed by atoms with Gasteiger partial charge in [0.2, 0.25) is 11.8 Å². The molecule has 2 rings (SSSR count). The third-order valence-electron chi connectivity index (χ3n) is 2.65. The molecule has 0 atom stereocenters. The van der Waals surface area contributed by atoms with Crippen LogP contribution in [0.15, 0.2) is 28.9 Å². The number of rotatable bonds is 5. The van der Waals surface area contributed by atoms with Crippen LogP contribution in [0.2, 0.25) is 0 Å². The van der Waals surface area contributed by atoms with E-state index in [9.17, 15) is 0 Å². The van der Waals surface area contributed by atoms with Crippen molar-refractivity contribution in [3.63, 3.8) is 0 Å². The van der Waals surface area contributed by atoms with Crippen molar-refractivity contribution in [1.29, 1.82) is 0 Å². The minimum absolute atomic E-state index is 0.467. The smallest absolute Gasteiger partial charge is 0.232 e. The molecule has 0 aliphatic heterocycles. The number of nitrogens with one attached hydrogen (secondary N) is 1. The highest BCUT2D eigenvalue weighted by atomic mass is 79.9. The summed E-state index contributed by atoms with van der Waals surface area (Å²) in [5.74, 6) is 1.70. The Bertz CT molecular complexity index is 607. The first-order valence-electron chi connectivity index (χ1n) is 5.87. The molecule has 0 aliphatic carbocycles. The third-order valence-corrected chi connectivity index (χ3v) is 3.19. The molecule has 106 valence electrons. The maximum absolute atomic E-state index is 5.78. The van der Waals surface area contributed by atoms with Crippen molar-refractivity contribution in [3.05, 3.63) is 34.4 Å². The van der Waals surface area contributed by atoms with Gasteiger partial charge in [-0.2, -0.15) is 4.98 Å². The molecule has 0 amide bonds. The van der Waals surface area contributed by atoms with E-state index < -0.39 is 0 Å². The highest BCUT2D eigenvalue weighted by Gasteiger charge is 2.07. The molecule has 0 saturated carbocycles. The normalized spacial score (nSPS) is 10.2. The summed E-state index contributed by atoms with van der Waals surface area (Å²) in [4.78, 5) is 8.38. The van der Waals surface area contributed by atoms with Crippen LogP contribution < -0.4 is 20.5 Å². The topological polar surface area (TPSA) is 82.3 Å². The summed E-state index contributed by atoms with van der Waals surface area (Å²) in [5, 5.41) is 3.11. The fourth-order valence-electron chi connectivity index (χ4n) is 1.69. The summed E-state index contributed by atoms with van der Waals surface area (Å²) in [6, 6.07) is 5.47. The number of hydrogen-bond acceptors (Lipinski definition) is 6. The molecule has 7 heteroatoms. The molecule has 0 unspecified atom stereocenters. The van der Waals surface area contributed by atoms with Gasteiger partial charge in [0.1, 0.15) is 5.75 Å². The number of halogens is 1. The van der Waals surface area contributed by atoms with Gasteiger partial charge in [0, 0.05) is 17.8 Å². The number of benzene rings is 1. The lowest BCUT2D eigenvalue weighted by Crippen LogP contribution is -2.06. The maximum atomic E-state index is 5.78. The standard InChI is InChI=1S/C13H15BrN4O2/c1-19-11-4-3-9(15)5-8(11)6-16-13-17-7-10(14)12(18-13)20-2/h3-5,7H,6,15H2,1-2H3,(H,16,17,18). The quantitative estimate of drug-likeness (QED) is 0.815. The molecule has 1 heterocycles. The Kier molecular flexibility index (Phi) is 4.62. The third kappa shape index (κ3) is 3.30. The van der Waals surface area contributed by atoms with Crippen LogP contribution in [-0.2, 0) is 6.54 Å². The van der Waals surface area contributed by atoms with Crippen LogP contribution in [0.25, 0.3) is 0 Å². The fourth-order valence-corrected chi connectivity index (χ4v) is 2.04. The zero-order valence-corrected chi connectivity index (χ0v) is 12.8. The van der Waals surface area contributed by atoms with Gasteiger partial charge in [0.15, 0.2) is 0 Å². The van der Waals surface area contributed by atoms with Crippen LogP contribution in [0.5, 0.6) is 11.6 Å². The summed E-state index contributed by atoms with van der Waals surface area (Å²) in [6.45, 7) is 0.499. The average Bonchev–Trinajstić information content (AvgIpc) is 2.46. The lowest BCUT2D eigenvalue weighted by Gasteiger charge is -2.11. The van der Waals surface area contributed by atoms with Crippen molar-refractivity contribution >= 4 is 27.6 Å². The molecule has 2 aromatic rings. The summed E-state index contributed by atoms with van der Waals surface area (Å²) in [5.41, 5.74) is 7.38. The second kappa shape index (κ2) is 6.42. The molecular formula is C13H15BrN4O2. The molecule has 20 heavy (non-hydrogen) atoms.